The molecule has 132 valence electrons. The van der Waals surface area contributed by atoms with Gasteiger partial charge in [-0.25, -0.2) is 9.78 Å². The van der Waals surface area contributed by atoms with Crippen LogP contribution in [0.1, 0.15) is 16.7 Å². The van der Waals surface area contributed by atoms with Crippen molar-refractivity contribution in [3.8, 4) is 0 Å². The Kier molecular flexibility index (Phi) is 6.41. The highest BCUT2D eigenvalue weighted by Crippen LogP contribution is 2.32. The molecular weight excluding hydrogens is 357 g/mol. The topological polar surface area (TPSA) is 51.2 Å². The lowest BCUT2D eigenvalue weighted by atomic mass is 10.1. The zero-order chi connectivity index (χ0) is 18.3. The molecule has 8 heteroatoms. The average molecular weight is 371 g/mol. The number of pyridine rings is 1. The molecule has 0 aliphatic heterocycles. The van der Waals surface area contributed by atoms with Gasteiger partial charge in [-0.05, 0) is 17.2 Å². The average Bonchev–Trinajstić information content (AvgIpc) is 2.57. The minimum atomic E-state index is -4.54. The van der Waals surface area contributed by atoms with Crippen LogP contribution >= 0.6 is 11.6 Å². The van der Waals surface area contributed by atoms with Crippen LogP contribution in [-0.2, 0) is 17.5 Å². The second-order valence-electron chi connectivity index (χ2n) is 4.94. The molecule has 2 rings (SSSR count). The van der Waals surface area contributed by atoms with Crippen molar-refractivity contribution in [1.29, 1.82) is 0 Å². The first-order chi connectivity index (χ1) is 11.9. The minimum Gasteiger partial charge on any atom is -0.445 e. The third kappa shape index (κ3) is 6.11. The number of nitrogens with zero attached hydrogens (tertiary/aromatic N) is 1. The monoisotopic (exact) mass is 370 g/mol. The first-order valence-electron chi connectivity index (χ1n) is 7.20. The third-order valence-electron chi connectivity index (χ3n) is 3.08. The summed E-state index contributed by atoms with van der Waals surface area (Å²) < 4.78 is 43.6. The van der Waals surface area contributed by atoms with E-state index in [0.29, 0.717) is 6.20 Å². The van der Waals surface area contributed by atoms with Gasteiger partial charge in [0.1, 0.15) is 11.8 Å². The molecule has 0 spiro atoms. The molecule has 1 heterocycles. The lowest BCUT2D eigenvalue weighted by molar-refractivity contribution is -0.138. The maximum absolute atomic E-state index is 12.9. The molecule has 0 radical (unpaired) electrons. The van der Waals surface area contributed by atoms with Gasteiger partial charge in [0, 0.05) is 12.7 Å². The third-order valence-corrected chi connectivity index (χ3v) is 3.29. The second-order valence-corrected chi connectivity index (χ2v) is 5.32. The molecule has 0 atom stereocenters. The quantitative estimate of drug-likeness (QED) is 0.776. The van der Waals surface area contributed by atoms with Crippen molar-refractivity contribution in [3.63, 3.8) is 0 Å². The van der Waals surface area contributed by atoms with E-state index in [1.807, 2.05) is 18.2 Å². The zero-order valence-electron chi connectivity index (χ0n) is 12.9. The summed E-state index contributed by atoms with van der Waals surface area (Å²) in [7, 11) is 0. The number of aromatic nitrogens is 1. The number of benzene rings is 1. The van der Waals surface area contributed by atoms with Crippen molar-refractivity contribution in [3.05, 3.63) is 70.5 Å². The van der Waals surface area contributed by atoms with Crippen LogP contribution in [0.2, 0.25) is 5.15 Å². The summed E-state index contributed by atoms with van der Waals surface area (Å²) in [5.41, 5.74) is -0.207. The Morgan fingerprint density at radius 2 is 2.00 bits per heavy atom. The Hall–Kier alpha value is -2.54. The smallest absolute Gasteiger partial charge is 0.418 e. The number of halogens is 4. The Labute approximate surface area is 147 Å². The largest absolute Gasteiger partial charge is 0.445 e. The molecule has 0 aliphatic rings. The predicted octanol–water partition coefficient (Wildman–Crippen LogP) is 4.69. The van der Waals surface area contributed by atoms with E-state index in [9.17, 15) is 18.0 Å². The van der Waals surface area contributed by atoms with Crippen LogP contribution < -0.4 is 5.32 Å². The number of amides is 1. The molecule has 2 aromatic rings. The van der Waals surface area contributed by atoms with Gasteiger partial charge in [0.25, 0.3) is 0 Å². The maximum atomic E-state index is 12.9. The number of ether oxygens (including phenoxy) is 1. The highest BCUT2D eigenvalue weighted by Gasteiger charge is 2.33. The number of carbonyl (C=O) groups is 1. The maximum Gasteiger partial charge on any atom is 0.418 e. The molecule has 0 unspecified atom stereocenters. The zero-order valence-corrected chi connectivity index (χ0v) is 13.6. The number of hydrogen-bond acceptors (Lipinski definition) is 3. The summed E-state index contributed by atoms with van der Waals surface area (Å²) in [4.78, 5) is 15.0. The van der Waals surface area contributed by atoms with E-state index >= 15 is 0 Å². The van der Waals surface area contributed by atoms with Gasteiger partial charge in [-0.2, -0.15) is 13.2 Å². The molecular formula is C17H14ClF3N2O2. The van der Waals surface area contributed by atoms with E-state index in [-0.39, 0.29) is 23.9 Å². The van der Waals surface area contributed by atoms with Crippen molar-refractivity contribution in [2.75, 3.05) is 6.54 Å². The summed E-state index contributed by atoms with van der Waals surface area (Å²) in [6.45, 7) is 0.111. The fraction of sp³-hybridized carbons (Fsp3) is 0.176. The van der Waals surface area contributed by atoms with E-state index in [1.54, 1.807) is 12.1 Å². The SMILES string of the molecule is O=C(NCC=Cc1cc(Cl)ncc1C(F)(F)F)OCc1ccccc1. The summed E-state index contributed by atoms with van der Waals surface area (Å²) in [5.74, 6) is 0. The molecule has 25 heavy (non-hydrogen) atoms. The van der Waals surface area contributed by atoms with Crippen molar-refractivity contribution in [2.45, 2.75) is 12.8 Å². The predicted molar refractivity (Wildman–Crippen MR) is 87.9 cm³/mol. The van der Waals surface area contributed by atoms with Crippen LogP contribution in [0.15, 0.2) is 48.7 Å². The van der Waals surface area contributed by atoms with Crippen molar-refractivity contribution < 1.29 is 22.7 Å². The van der Waals surface area contributed by atoms with E-state index in [1.165, 1.54) is 12.2 Å². The van der Waals surface area contributed by atoms with Crippen LogP contribution in [0.3, 0.4) is 0 Å². The number of rotatable bonds is 5. The van der Waals surface area contributed by atoms with Gasteiger partial charge in [-0.15, -0.1) is 0 Å². The Morgan fingerprint density at radius 3 is 2.68 bits per heavy atom. The van der Waals surface area contributed by atoms with Crippen LogP contribution in [0.25, 0.3) is 6.08 Å². The Morgan fingerprint density at radius 1 is 1.28 bits per heavy atom. The van der Waals surface area contributed by atoms with Crippen LogP contribution in [0, 0.1) is 0 Å². The van der Waals surface area contributed by atoms with Crippen molar-refractivity contribution >= 4 is 23.8 Å². The van der Waals surface area contributed by atoms with Gasteiger partial charge in [-0.3, -0.25) is 0 Å². The molecule has 1 amide bonds. The van der Waals surface area contributed by atoms with E-state index in [0.717, 1.165) is 11.6 Å². The lowest BCUT2D eigenvalue weighted by Gasteiger charge is -2.10. The molecule has 0 bridgehead atoms. The normalized spacial score (nSPS) is 11.5. The molecule has 1 aromatic carbocycles. The second kappa shape index (κ2) is 8.53. The summed E-state index contributed by atoms with van der Waals surface area (Å²) >= 11 is 5.63. The highest BCUT2D eigenvalue weighted by molar-refractivity contribution is 6.29. The fourth-order valence-electron chi connectivity index (χ4n) is 1.92. The molecule has 1 aromatic heterocycles. The minimum absolute atomic E-state index is 0.00482. The van der Waals surface area contributed by atoms with E-state index in [2.05, 4.69) is 10.3 Å². The molecule has 4 nitrogen and oxygen atoms in total. The van der Waals surface area contributed by atoms with Gasteiger partial charge in [0.2, 0.25) is 0 Å². The number of alkyl halides is 3. The van der Waals surface area contributed by atoms with E-state index < -0.39 is 17.8 Å². The molecule has 0 saturated heterocycles. The summed E-state index contributed by atoms with van der Waals surface area (Å²) in [5, 5.41) is 2.37. The van der Waals surface area contributed by atoms with Crippen molar-refractivity contribution in [1.82, 2.24) is 10.3 Å². The van der Waals surface area contributed by atoms with Gasteiger partial charge in [0.15, 0.2) is 0 Å². The molecule has 0 fully saturated rings. The lowest BCUT2D eigenvalue weighted by Crippen LogP contribution is -2.24. The van der Waals surface area contributed by atoms with Gasteiger partial charge < -0.3 is 10.1 Å². The number of carbonyl (C=O) groups excluding carboxylic acids is 1. The van der Waals surface area contributed by atoms with Gasteiger partial charge in [-0.1, -0.05) is 54.1 Å². The Balaban J connectivity index is 1.87. The Bertz CT molecular complexity index is 749. The van der Waals surface area contributed by atoms with Crippen LogP contribution in [0.4, 0.5) is 18.0 Å². The molecule has 0 saturated carbocycles. The summed E-state index contributed by atoms with van der Waals surface area (Å²) in [6.07, 6.45) is -1.96. The first-order valence-corrected chi connectivity index (χ1v) is 7.58. The first kappa shape index (κ1) is 18.8. The fourth-order valence-corrected chi connectivity index (χ4v) is 2.09. The van der Waals surface area contributed by atoms with Gasteiger partial charge >= 0.3 is 12.3 Å². The molecule has 0 aliphatic carbocycles. The van der Waals surface area contributed by atoms with Crippen molar-refractivity contribution in [2.24, 2.45) is 0 Å². The van der Waals surface area contributed by atoms with Crippen LogP contribution in [-0.4, -0.2) is 17.6 Å². The van der Waals surface area contributed by atoms with E-state index in [4.69, 9.17) is 16.3 Å². The van der Waals surface area contributed by atoms with Gasteiger partial charge in [0.05, 0.1) is 5.56 Å². The number of hydrogen-bond donors (Lipinski definition) is 1. The summed E-state index contributed by atoms with van der Waals surface area (Å²) in [6, 6.07) is 10.2. The molecule has 1 N–H and O–H groups in total. The number of nitrogens with one attached hydrogen (secondary N) is 1. The van der Waals surface area contributed by atoms with Crippen LogP contribution in [0.5, 0.6) is 0 Å². The number of alkyl carbamates (subject to hydrolysis) is 1. The standard InChI is InChI=1S/C17H14ClF3N2O2/c18-15-9-13(14(10-23-15)17(19,20)21)7-4-8-22-16(24)25-11-12-5-2-1-3-6-12/h1-7,9-10H,8,11H2,(H,22,24). The highest BCUT2D eigenvalue weighted by atomic mass is 35.5.